The second-order valence-electron chi connectivity index (χ2n) is 5.62. The summed E-state index contributed by atoms with van der Waals surface area (Å²) in [6, 6.07) is 6.37. The van der Waals surface area contributed by atoms with Gasteiger partial charge in [-0.25, -0.2) is 0 Å². The van der Waals surface area contributed by atoms with Crippen molar-refractivity contribution in [2.75, 3.05) is 13.7 Å². The van der Waals surface area contributed by atoms with Crippen LogP contribution < -0.4 is 10.1 Å². The third-order valence-corrected chi connectivity index (χ3v) is 4.11. The molecule has 0 spiro atoms. The van der Waals surface area contributed by atoms with Crippen molar-refractivity contribution in [1.82, 2.24) is 5.32 Å². The Hall–Kier alpha value is -0.730. The molecular formula is C16H26ClNO. The molecule has 1 unspecified atom stereocenters. The van der Waals surface area contributed by atoms with Crippen LogP contribution in [0.5, 0.6) is 5.75 Å². The third kappa shape index (κ3) is 4.12. The number of halogens is 1. The van der Waals surface area contributed by atoms with Crippen molar-refractivity contribution < 1.29 is 4.74 Å². The molecule has 0 aliphatic rings. The molecule has 3 heteroatoms. The van der Waals surface area contributed by atoms with Gasteiger partial charge in [0, 0.05) is 6.04 Å². The van der Waals surface area contributed by atoms with Gasteiger partial charge in [-0.05, 0) is 42.5 Å². The van der Waals surface area contributed by atoms with Crippen LogP contribution in [0, 0.1) is 5.41 Å². The molecule has 0 saturated carbocycles. The van der Waals surface area contributed by atoms with E-state index in [9.17, 15) is 0 Å². The van der Waals surface area contributed by atoms with Gasteiger partial charge < -0.3 is 10.1 Å². The van der Waals surface area contributed by atoms with Crippen molar-refractivity contribution in [3.8, 4) is 5.75 Å². The molecule has 0 aliphatic carbocycles. The molecule has 0 fully saturated rings. The molecule has 108 valence electrons. The van der Waals surface area contributed by atoms with Gasteiger partial charge in [-0.15, -0.1) is 0 Å². The van der Waals surface area contributed by atoms with Crippen LogP contribution in [0.4, 0.5) is 0 Å². The Bertz CT molecular complexity index is 404. The second-order valence-corrected chi connectivity index (χ2v) is 6.03. The van der Waals surface area contributed by atoms with E-state index in [1.807, 2.05) is 12.1 Å². The lowest BCUT2D eigenvalue weighted by atomic mass is 9.78. The van der Waals surface area contributed by atoms with E-state index in [1.165, 1.54) is 5.56 Å². The zero-order valence-corrected chi connectivity index (χ0v) is 13.5. The Kier molecular flexibility index (Phi) is 6.15. The Morgan fingerprint density at radius 3 is 2.53 bits per heavy atom. The number of rotatable bonds is 7. The topological polar surface area (TPSA) is 21.3 Å². The fraction of sp³-hybridized carbons (Fsp3) is 0.625. The molecule has 1 aromatic carbocycles. The molecule has 0 bridgehead atoms. The molecule has 0 aromatic heterocycles. The molecule has 0 amide bonds. The number of hydrogen-bond acceptors (Lipinski definition) is 2. The van der Waals surface area contributed by atoms with Crippen LogP contribution in [0.3, 0.4) is 0 Å². The van der Waals surface area contributed by atoms with Crippen molar-refractivity contribution in [3.63, 3.8) is 0 Å². The summed E-state index contributed by atoms with van der Waals surface area (Å²) in [6.07, 6.45) is 2.24. The fourth-order valence-electron chi connectivity index (χ4n) is 2.19. The van der Waals surface area contributed by atoms with Gasteiger partial charge in [0.25, 0.3) is 0 Å². The van der Waals surface area contributed by atoms with Crippen LogP contribution >= 0.6 is 11.6 Å². The maximum absolute atomic E-state index is 6.11. The van der Waals surface area contributed by atoms with E-state index < -0.39 is 0 Å². The van der Waals surface area contributed by atoms with E-state index in [2.05, 4.69) is 39.1 Å². The van der Waals surface area contributed by atoms with Gasteiger partial charge in [-0.2, -0.15) is 0 Å². The molecule has 0 aliphatic heterocycles. The number of ether oxygens (including phenoxy) is 1. The molecule has 1 N–H and O–H groups in total. The summed E-state index contributed by atoms with van der Waals surface area (Å²) in [5, 5.41) is 4.31. The van der Waals surface area contributed by atoms with Crippen molar-refractivity contribution >= 4 is 11.6 Å². The maximum Gasteiger partial charge on any atom is 0.137 e. The van der Waals surface area contributed by atoms with Crippen LogP contribution in [-0.2, 0) is 0 Å². The van der Waals surface area contributed by atoms with Crippen LogP contribution in [-0.4, -0.2) is 13.7 Å². The second kappa shape index (κ2) is 7.16. The summed E-state index contributed by atoms with van der Waals surface area (Å²) in [4.78, 5) is 0. The Balaban J connectivity index is 3.09. The lowest BCUT2D eigenvalue weighted by Crippen LogP contribution is -2.34. The zero-order valence-electron chi connectivity index (χ0n) is 12.7. The van der Waals surface area contributed by atoms with Crippen LogP contribution in [0.15, 0.2) is 18.2 Å². The van der Waals surface area contributed by atoms with Gasteiger partial charge in [-0.1, -0.05) is 45.4 Å². The van der Waals surface area contributed by atoms with Gasteiger partial charge in [0.1, 0.15) is 5.75 Å². The summed E-state index contributed by atoms with van der Waals surface area (Å²) in [6.45, 7) is 10.0. The minimum Gasteiger partial charge on any atom is -0.495 e. The van der Waals surface area contributed by atoms with Crippen LogP contribution in [0.1, 0.15) is 52.1 Å². The maximum atomic E-state index is 6.11. The number of nitrogens with one attached hydrogen (secondary N) is 1. The van der Waals surface area contributed by atoms with Crippen molar-refractivity contribution in [2.24, 2.45) is 5.41 Å². The molecule has 0 heterocycles. The minimum atomic E-state index is 0.189. The standard InChI is InChI=1S/C16H26ClNO/c1-6-10-18-15(16(3,4)7-2)12-8-9-13(17)14(11-12)19-5/h8-9,11,15,18H,6-7,10H2,1-5H3. The third-order valence-electron chi connectivity index (χ3n) is 3.80. The normalized spacial score (nSPS) is 13.4. The summed E-state index contributed by atoms with van der Waals surface area (Å²) in [5.74, 6) is 0.745. The van der Waals surface area contributed by atoms with E-state index in [0.717, 1.165) is 25.1 Å². The predicted octanol–water partition coefficient (Wildman–Crippen LogP) is 4.83. The first-order chi connectivity index (χ1) is 8.96. The Morgan fingerprint density at radius 1 is 1.32 bits per heavy atom. The van der Waals surface area contributed by atoms with Gasteiger partial charge in [0.15, 0.2) is 0 Å². The first-order valence-corrected chi connectivity index (χ1v) is 7.40. The highest BCUT2D eigenvalue weighted by Gasteiger charge is 2.29. The molecule has 0 saturated heterocycles. The zero-order chi connectivity index (χ0) is 14.5. The highest BCUT2D eigenvalue weighted by atomic mass is 35.5. The average molecular weight is 284 g/mol. The Labute approximate surface area is 122 Å². The summed E-state index contributed by atoms with van der Waals surface area (Å²) >= 11 is 6.11. The smallest absolute Gasteiger partial charge is 0.137 e. The van der Waals surface area contributed by atoms with Crippen LogP contribution in [0.2, 0.25) is 5.02 Å². The number of methoxy groups -OCH3 is 1. The lowest BCUT2D eigenvalue weighted by molar-refractivity contribution is 0.234. The first-order valence-electron chi connectivity index (χ1n) is 7.03. The molecule has 0 radical (unpaired) electrons. The van der Waals surface area contributed by atoms with E-state index in [1.54, 1.807) is 7.11 Å². The minimum absolute atomic E-state index is 0.189. The summed E-state index contributed by atoms with van der Waals surface area (Å²) in [5.41, 5.74) is 1.43. The van der Waals surface area contributed by atoms with E-state index in [0.29, 0.717) is 11.1 Å². The van der Waals surface area contributed by atoms with E-state index >= 15 is 0 Å². The highest BCUT2D eigenvalue weighted by Crippen LogP contribution is 2.38. The first kappa shape index (κ1) is 16.3. The van der Waals surface area contributed by atoms with Gasteiger partial charge in [-0.3, -0.25) is 0 Å². The molecule has 1 aromatic rings. The van der Waals surface area contributed by atoms with Crippen molar-refractivity contribution in [3.05, 3.63) is 28.8 Å². The monoisotopic (exact) mass is 283 g/mol. The van der Waals surface area contributed by atoms with Crippen molar-refractivity contribution in [1.29, 1.82) is 0 Å². The molecule has 19 heavy (non-hydrogen) atoms. The summed E-state index contributed by atoms with van der Waals surface area (Å²) < 4.78 is 5.33. The highest BCUT2D eigenvalue weighted by molar-refractivity contribution is 6.32. The van der Waals surface area contributed by atoms with Crippen LogP contribution in [0.25, 0.3) is 0 Å². The molecule has 1 rings (SSSR count). The predicted molar refractivity (Wildman–Crippen MR) is 83.1 cm³/mol. The molecule has 1 atom stereocenters. The Morgan fingerprint density at radius 2 is 2.00 bits per heavy atom. The molecule has 2 nitrogen and oxygen atoms in total. The molecular weight excluding hydrogens is 258 g/mol. The fourth-order valence-corrected chi connectivity index (χ4v) is 2.39. The van der Waals surface area contributed by atoms with Gasteiger partial charge in [0.05, 0.1) is 12.1 Å². The summed E-state index contributed by atoms with van der Waals surface area (Å²) in [7, 11) is 1.66. The lowest BCUT2D eigenvalue weighted by Gasteiger charge is -2.35. The van der Waals surface area contributed by atoms with E-state index in [4.69, 9.17) is 16.3 Å². The SMILES string of the molecule is CCCNC(c1ccc(Cl)c(OC)c1)C(C)(C)CC. The van der Waals surface area contributed by atoms with Crippen molar-refractivity contribution in [2.45, 2.75) is 46.6 Å². The largest absolute Gasteiger partial charge is 0.495 e. The van der Waals surface area contributed by atoms with Gasteiger partial charge >= 0.3 is 0 Å². The van der Waals surface area contributed by atoms with Gasteiger partial charge in [0.2, 0.25) is 0 Å². The quantitative estimate of drug-likeness (QED) is 0.774. The van der Waals surface area contributed by atoms with E-state index in [-0.39, 0.29) is 5.41 Å². The number of benzene rings is 1. The average Bonchev–Trinajstić information content (AvgIpc) is 2.40. The number of hydrogen-bond donors (Lipinski definition) is 1.